The Morgan fingerprint density at radius 1 is 1.21 bits per heavy atom. The SMILES string of the molecule is N/C(=C(/F)N1CCNCC1)C(F)(F)F. The van der Waals surface area contributed by atoms with Gasteiger partial charge in [-0.25, -0.2) is 0 Å². The van der Waals surface area contributed by atoms with Gasteiger partial charge in [0.2, 0.25) is 5.95 Å². The van der Waals surface area contributed by atoms with Crippen LogP contribution in [0.1, 0.15) is 0 Å². The number of alkyl halides is 3. The normalized spacial score (nSPS) is 20.7. The highest BCUT2D eigenvalue weighted by Crippen LogP contribution is 2.26. The molecule has 0 amide bonds. The van der Waals surface area contributed by atoms with Crippen molar-refractivity contribution in [2.75, 3.05) is 26.2 Å². The largest absolute Gasteiger partial charge is 0.435 e. The van der Waals surface area contributed by atoms with E-state index in [1.807, 2.05) is 0 Å². The molecule has 0 aromatic rings. The van der Waals surface area contributed by atoms with Gasteiger partial charge >= 0.3 is 6.18 Å². The van der Waals surface area contributed by atoms with E-state index < -0.39 is 17.8 Å². The molecule has 3 nitrogen and oxygen atoms in total. The quantitative estimate of drug-likeness (QED) is 0.493. The number of nitrogens with two attached hydrogens (primary N) is 1. The lowest BCUT2D eigenvalue weighted by Crippen LogP contribution is -2.43. The molecule has 0 spiro atoms. The minimum Gasteiger partial charge on any atom is -0.391 e. The van der Waals surface area contributed by atoms with Crippen molar-refractivity contribution in [1.29, 1.82) is 0 Å². The number of nitrogens with zero attached hydrogens (tertiary/aromatic N) is 1. The highest BCUT2D eigenvalue weighted by Gasteiger charge is 2.36. The molecule has 1 aliphatic rings. The lowest BCUT2D eigenvalue weighted by atomic mass is 10.3. The van der Waals surface area contributed by atoms with Crippen LogP contribution in [0.4, 0.5) is 17.6 Å². The molecule has 0 aromatic heterocycles. The Labute approximate surface area is 78.5 Å². The van der Waals surface area contributed by atoms with Crippen LogP contribution in [0.15, 0.2) is 11.6 Å². The van der Waals surface area contributed by atoms with E-state index >= 15 is 0 Å². The van der Waals surface area contributed by atoms with Gasteiger partial charge < -0.3 is 16.0 Å². The van der Waals surface area contributed by atoms with Gasteiger partial charge in [0.15, 0.2) is 5.70 Å². The summed E-state index contributed by atoms with van der Waals surface area (Å²) in [6.45, 7) is 1.31. The smallest absolute Gasteiger partial charge is 0.391 e. The van der Waals surface area contributed by atoms with Gasteiger partial charge in [0.25, 0.3) is 0 Å². The average Bonchev–Trinajstić information content (AvgIpc) is 2.15. The van der Waals surface area contributed by atoms with Gasteiger partial charge in [0.1, 0.15) is 0 Å². The molecule has 0 saturated carbocycles. The van der Waals surface area contributed by atoms with Crippen LogP contribution in [0.25, 0.3) is 0 Å². The molecule has 1 aliphatic heterocycles. The monoisotopic (exact) mass is 213 g/mol. The van der Waals surface area contributed by atoms with Gasteiger partial charge in [-0.15, -0.1) is 0 Å². The Balaban J connectivity index is 2.74. The third-order valence-electron chi connectivity index (χ3n) is 1.92. The molecule has 14 heavy (non-hydrogen) atoms. The van der Waals surface area contributed by atoms with Crippen LogP contribution in [0.3, 0.4) is 0 Å². The Morgan fingerprint density at radius 2 is 1.71 bits per heavy atom. The summed E-state index contributed by atoms with van der Waals surface area (Å²) in [5, 5.41) is 2.89. The highest BCUT2D eigenvalue weighted by molar-refractivity contribution is 5.09. The molecule has 1 heterocycles. The number of allylic oxidation sites excluding steroid dienone is 1. The van der Waals surface area contributed by atoms with E-state index in [-0.39, 0.29) is 13.1 Å². The van der Waals surface area contributed by atoms with Crippen LogP contribution in [0, 0.1) is 0 Å². The van der Waals surface area contributed by atoms with Crippen molar-refractivity contribution in [3.63, 3.8) is 0 Å². The highest BCUT2D eigenvalue weighted by atomic mass is 19.4. The Morgan fingerprint density at radius 3 is 2.14 bits per heavy atom. The van der Waals surface area contributed by atoms with Gasteiger partial charge in [-0.2, -0.15) is 17.6 Å². The molecule has 0 unspecified atom stereocenters. The topological polar surface area (TPSA) is 41.3 Å². The van der Waals surface area contributed by atoms with E-state index in [1.54, 1.807) is 0 Å². The third kappa shape index (κ3) is 2.50. The van der Waals surface area contributed by atoms with Gasteiger partial charge in [-0.3, -0.25) is 0 Å². The van der Waals surface area contributed by atoms with Gasteiger partial charge in [-0.05, 0) is 0 Å². The minimum absolute atomic E-state index is 0.197. The first-order valence-electron chi connectivity index (χ1n) is 4.11. The summed E-state index contributed by atoms with van der Waals surface area (Å²) in [5.41, 5.74) is 2.99. The molecule has 1 saturated heterocycles. The van der Waals surface area contributed by atoms with Crippen molar-refractivity contribution in [3.8, 4) is 0 Å². The summed E-state index contributed by atoms with van der Waals surface area (Å²) in [4.78, 5) is 0.985. The van der Waals surface area contributed by atoms with Crippen LogP contribution in [-0.4, -0.2) is 37.3 Å². The van der Waals surface area contributed by atoms with Crippen LogP contribution in [-0.2, 0) is 0 Å². The molecule has 0 aliphatic carbocycles. The second-order valence-electron chi connectivity index (χ2n) is 2.94. The van der Waals surface area contributed by atoms with Gasteiger partial charge in [0.05, 0.1) is 0 Å². The second-order valence-corrected chi connectivity index (χ2v) is 2.94. The molecule has 0 radical (unpaired) electrons. The summed E-state index contributed by atoms with van der Waals surface area (Å²) in [7, 11) is 0. The lowest BCUT2D eigenvalue weighted by Gasteiger charge is -2.28. The lowest BCUT2D eigenvalue weighted by molar-refractivity contribution is -0.0967. The summed E-state index contributed by atoms with van der Waals surface area (Å²) < 4.78 is 49.1. The fraction of sp³-hybridized carbons (Fsp3) is 0.714. The Kier molecular flexibility index (Phi) is 3.20. The van der Waals surface area contributed by atoms with Gasteiger partial charge in [-0.1, -0.05) is 0 Å². The predicted octanol–water partition coefficient (Wildman–Crippen LogP) is 0.551. The van der Waals surface area contributed by atoms with Crippen molar-refractivity contribution in [2.24, 2.45) is 5.73 Å². The number of nitrogens with one attached hydrogen (secondary N) is 1. The van der Waals surface area contributed by atoms with Crippen molar-refractivity contribution in [3.05, 3.63) is 11.6 Å². The maximum Gasteiger partial charge on any atom is 0.435 e. The van der Waals surface area contributed by atoms with E-state index in [1.165, 1.54) is 0 Å². The van der Waals surface area contributed by atoms with E-state index in [9.17, 15) is 17.6 Å². The number of halogens is 4. The second kappa shape index (κ2) is 4.04. The van der Waals surface area contributed by atoms with Gasteiger partial charge in [0, 0.05) is 26.2 Å². The molecule has 0 aromatic carbocycles. The summed E-state index contributed by atoms with van der Waals surface area (Å²) in [6.07, 6.45) is -4.80. The zero-order valence-electron chi connectivity index (χ0n) is 7.36. The predicted molar refractivity (Wildman–Crippen MR) is 42.8 cm³/mol. The third-order valence-corrected chi connectivity index (χ3v) is 1.92. The summed E-state index contributed by atoms with van der Waals surface area (Å²) in [6, 6.07) is 0. The van der Waals surface area contributed by atoms with E-state index in [4.69, 9.17) is 0 Å². The molecule has 0 bridgehead atoms. The first kappa shape index (κ1) is 11.1. The average molecular weight is 213 g/mol. The zero-order valence-corrected chi connectivity index (χ0v) is 7.36. The molecule has 7 heteroatoms. The van der Waals surface area contributed by atoms with Crippen molar-refractivity contribution in [2.45, 2.75) is 6.18 Å². The first-order chi connectivity index (χ1) is 6.43. The molecule has 82 valence electrons. The van der Waals surface area contributed by atoms with Crippen LogP contribution < -0.4 is 11.1 Å². The van der Waals surface area contributed by atoms with Crippen molar-refractivity contribution in [1.82, 2.24) is 10.2 Å². The molecule has 3 N–H and O–H groups in total. The van der Waals surface area contributed by atoms with E-state index in [2.05, 4.69) is 11.1 Å². The minimum atomic E-state index is -4.80. The molecular formula is C7H11F4N3. The first-order valence-corrected chi connectivity index (χ1v) is 4.11. The fourth-order valence-electron chi connectivity index (χ4n) is 1.15. The molecule has 1 rings (SSSR count). The van der Waals surface area contributed by atoms with Crippen LogP contribution in [0.2, 0.25) is 0 Å². The van der Waals surface area contributed by atoms with Crippen molar-refractivity contribution < 1.29 is 17.6 Å². The van der Waals surface area contributed by atoms with Crippen molar-refractivity contribution >= 4 is 0 Å². The molecular weight excluding hydrogens is 202 g/mol. The number of piperazine rings is 1. The van der Waals surface area contributed by atoms with Crippen LogP contribution in [0.5, 0.6) is 0 Å². The zero-order chi connectivity index (χ0) is 10.8. The maximum absolute atomic E-state index is 13.1. The van der Waals surface area contributed by atoms with E-state index in [0.717, 1.165) is 4.90 Å². The Bertz CT molecular complexity index is 230. The van der Waals surface area contributed by atoms with Crippen LogP contribution >= 0.6 is 0 Å². The summed E-state index contributed by atoms with van der Waals surface area (Å²) >= 11 is 0. The molecule has 1 fully saturated rings. The fourth-order valence-corrected chi connectivity index (χ4v) is 1.15. The Hall–Kier alpha value is -0.980. The standard InChI is InChI=1S/C7H11F4N3/c8-6(5(12)7(9,10)11)14-3-1-13-2-4-14/h13H,1-4,12H2/b6-5-. The number of hydrogen-bond donors (Lipinski definition) is 2. The summed E-state index contributed by atoms with van der Waals surface area (Å²) in [5.74, 6) is -1.38. The maximum atomic E-state index is 13.1. The number of hydrogen-bond acceptors (Lipinski definition) is 3. The number of rotatable bonds is 1. The van der Waals surface area contributed by atoms with E-state index in [0.29, 0.717) is 13.1 Å². The molecule has 0 atom stereocenters.